The first-order valence-electron chi connectivity index (χ1n) is 21.9. The highest BCUT2D eigenvalue weighted by atomic mass is 16.7. The first kappa shape index (κ1) is 49.7. The maximum absolute atomic E-state index is 12.8. The van der Waals surface area contributed by atoms with Gasteiger partial charge in [-0.15, -0.1) is 0 Å². The van der Waals surface area contributed by atoms with Crippen molar-refractivity contribution >= 4 is 5.97 Å². The number of esters is 1. The van der Waals surface area contributed by atoms with E-state index < -0.39 is 43.4 Å². The van der Waals surface area contributed by atoms with Gasteiger partial charge in [0.25, 0.3) is 0 Å². The summed E-state index contributed by atoms with van der Waals surface area (Å²) in [5, 5.41) is 40.1. The molecule has 0 radical (unpaired) electrons. The molecule has 4 N–H and O–H groups in total. The molecule has 1 saturated heterocycles. The van der Waals surface area contributed by atoms with E-state index in [1.165, 1.54) is 109 Å². The molecule has 1 fully saturated rings. The predicted molar refractivity (Wildman–Crippen MR) is 215 cm³/mol. The van der Waals surface area contributed by atoms with E-state index in [4.69, 9.17) is 18.9 Å². The first-order chi connectivity index (χ1) is 25.9. The zero-order valence-corrected chi connectivity index (χ0v) is 34.0. The molecule has 1 aliphatic rings. The average molecular weight is 755 g/mol. The largest absolute Gasteiger partial charge is 0.457 e. The van der Waals surface area contributed by atoms with Crippen LogP contribution in [0.1, 0.15) is 187 Å². The molecular weight excluding hydrogens is 672 g/mol. The Labute approximate surface area is 324 Å². The lowest BCUT2D eigenvalue weighted by atomic mass is 9.99. The minimum Gasteiger partial charge on any atom is -0.457 e. The zero-order valence-electron chi connectivity index (χ0n) is 34.0. The van der Waals surface area contributed by atoms with Crippen molar-refractivity contribution in [2.45, 2.75) is 224 Å². The van der Waals surface area contributed by atoms with Crippen LogP contribution < -0.4 is 0 Å². The van der Waals surface area contributed by atoms with E-state index in [0.717, 1.165) is 57.8 Å². The van der Waals surface area contributed by atoms with Gasteiger partial charge in [0, 0.05) is 13.0 Å². The molecule has 1 rings (SSSR count). The average Bonchev–Trinajstić information content (AvgIpc) is 3.16. The van der Waals surface area contributed by atoms with Gasteiger partial charge in [0.2, 0.25) is 0 Å². The van der Waals surface area contributed by atoms with Gasteiger partial charge in [0.05, 0.1) is 19.8 Å². The second-order valence-corrected chi connectivity index (χ2v) is 15.1. The van der Waals surface area contributed by atoms with Crippen LogP contribution in [0.15, 0.2) is 24.3 Å². The highest BCUT2D eigenvalue weighted by molar-refractivity contribution is 5.69. The molecule has 0 aromatic rings. The van der Waals surface area contributed by atoms with E-state index in [1.54, 1.807) is 0 Å². The molecule has 6 atom stereocenters. The van der Waals surface area contributed by atoms with Crippen LogP contribution in [-0.4, -0.2) is 89.6 Å². The summed E-state index contributed by atoms with van der Waals surface area (Å²) in [6, 6.07) is 0. The highest BCUT2D eigenvalue weighted by Gasteiger charge is 2.44. The monoisotopic (exact) mass is 755 g/mol. The van der Waals surface area contributed by atoms with Gasteiger partial charge in [-0.1, -0.05) is 167 Å². The number of ether oxygens (including phenoxy) is 4. The molecular formula is C44H82O9. The number of carbonyl (C=O) groups excluding carboxylic acids is 1. The SMILES string of the molecule is CCC/C=C\C/C=C\CCCCCCCCOCC(COC1OC(CO)C(O)C(O)C1O)OC(=O)CCCCCCCCCCCCCCCCCC. The van der Waals surface area contributed by atoms with Gasteiger partial charge in [-0.2, -0.15) is 0 Å². The summed E-state index contributed by atoms with van der Waals surface area (Å²) < 4.78 is 22.8. The maximum atomic E-state index is 12.8. The van der Waals surface area contributed by atoms with Gasteiger partial charge in [-0.3, -0.25) is 4.79 Å². The molecule has 0 aromatic heterocycles. The first-order valence-corrected chi connectivity index (χ1v) is 21.9. The molecule has 0 aliphatic carbocycles. The minimum absolute atomic E-state index is 0.114. The number of rotatable bonds is 37. The van der Waals surface area contributed by atoms with Crippen LogP contribution in [0.25, 0.3) is 0 Å². The van der Waals surface area contributed by atoms with E-state index in [2.05, 4.69) is 38.2 Å². The van der Waals surface area contributed by atoms with Crippen molar-refractivity contribution in [2.75, 3.05) is 26.4 Å². The molecule has 1 aliphatic heterocycles. The van der Waals surface area contributed by atoms with Crippen molar-refractivity contribution in [1.82, 2.24) is 0 Å². The fourth-order valence-corrected chi connectivity index (χ4v) is 6.65. The second kappa shape index (κ2) is 36.3. The number of aliphatic hydroxyl groups excluding tert-OH is 4. The molecule has 6 unspecified atom stereocenters. The Hall–Kier alpha value is -1.33. The quantitative estimate of drug-likeness (QED) is 0.0278. The predicted octanol–water partition coefficient (Wildman–Crippen LogP) is 9.42. The number of aliphatic hydroxyl groups is 4. The Bertz CT molecular complexity index is 864. The Morgan fingerprint density at radius 3 is 1.70 bits per heavy atom. The number of hydrogen-bond donors (Lipinski definition) is 4. The molecule has 9 nitrogen and oxygen atoms in total. The summed E-state index contributed by atoms with van der Waals surface area (Å²) in [7, 11) is 0. The van der Waals surface area contributed by atoms with Gasteiger partial charge in [0.15, 0.2) is 6.29 Å². The third-order valence-corrected chi connectivity index (χ3v) is 10.1. The Balaban J connectivity index is 2.27. The van der Waals surface area contributed by atoms with Crippen molar-refractivity contribution in [3.05, 3.63) is 24.3 Å². The molecule has 312 valence electrons. The van der Waals surface area contributed by atoms with Crippen LogP contribution in [0.4, 0.5) is 0 Å². The Morgan fingerprint density at radius 1 is 0.604 bits per heavy atom. The van der Waals surface area contributed by atoms with E-state index in [9.17, 15) is 25.2 Å². The van der Waals surface area contributed by atoms with Gasteiger partial charge >= 0.3 is 5.97 Å². The molecule has 0 amide bonds. The standard InChI is InChI=1S/C44H82O9/c1-3-5-7-9-11-13-15-17-19-20-21-23-25-27-29-31-33-40(46)52-38(37-51-44-43(49)42(48)41(47)39(35-45)53-44)36-50-34-32-30-28-26-24-22-18-16-14-12-10-8-6-4-2/h8,10,14,16,38-39,41-45,47-49H,3-7,9,11-13,15,17-37H2,1-2H3/b10-8-,16-14-. The second-order valence-electron chi connectivity index (χ2n) is 15.1. The van der Waals surface area contributed by atoms with E-state index in [0.29, 0.717) is 13.0 Å². The lowest BCUT2D eigenvalue weighted by Gasteiger charge is -2.39. The van der Waals surface area contributed by atoms with Crippen molar-refractivity contribution in [1.29, 1.82) is 0 Å². The molecule has 53 heavy (non-hydrogen) atoms. The Morgan fingerprint density at radius 2 is 1.13 bits per heavy atom. The van der Waals surface area contributed by atoms with Crippen LogP contribution in [-0.2, 0) is 23.7 Å². The summed E-state index contributed by atoms with van der Waals surface area (Å²) in [5.41, 5.74) is 0. The van der Waals surface area contributed by atoms with Gasteiger partial charge in [0.1, 0.15) is 30.5 Å². The molecule has 1 heterocycles. The summed E-state index contributed by atoms with van der Waals surface area (Å²) in [4.78, 5) is 12.8. The van der Waals surface area contributed by atoms with E-state index in [1.807, 2.05) is 0 Å². The zero-order chi connectivity index (χ0) is 38.6. The topological polar surface area (TPSA) is 135 Å². The minimum atomic E-state index is -1.53. The summed E-state index contributed by atoms with van der Waals surface area (Å²) in [6.45, 7) is 4.49. The molecule has 0 bridgehead atoms. The number of carbonyl (C=O) groups is 1. The number of unbranched alkanes of at least 4 members (excludes halogenated alkanes) is 22. The van der Waals surface area contributed by atoms with Crippen LogP contribution in [0.3, 0.4) is 0 Å². The van der Waals surface area contributed by atoms with Crippen LogP contribution in [0.2, 0.25) is 0 Å². The van der Waals surface area contributed by atoms with Crippen molar-refractivity contribution < 1.29 is 44.2 Å². The Kier molecular flexibility index (Phi) is 34.0. The van der Waals surface area contributed by atoms with Gasteiger partial charge in [-0.05, 0) is 38.5 Å². The van der Waals surface area contributed by atoms with Gasteiger partial charge in [-0.25, -0.2) is 0 Å². The molecule has 0 aromatic carbocycles. The van der Waals surface area contributed by atoms with Crippen molar-refractivity contribution in [3.8, 4) is 0 Å². The van der Waals surface area contributed by atoms with Crippen molar-refractivity contribution in [2.24, 2.45) is 0 Å². The fraction of sp³-hybridized carbons (Fsp3) is 0.886. The summed E-state index contributed by atoms with van der Waals surface area (Å²) in [5.74, 6) is -0.316. The smallest absolute Gasteiger partial charge is 0.306 e. The third kappa shape index (κ3) is 27.8. The van der Waals surface area contributed by atoms with E-state index >= 15 is 0 Å². The molecule has 0 saturated carbocycles. The molecule has 9 heteroatoms. The van der Waals surface area contributed by atoms with Gasteiger partial charge < -0.3 is 39.4 Å². The third-order valence-electron chi connectivity index (χ3n) is 10.1. The lowest BCUT2D eigenvalue weighted by Crippen LogP contribution is -2.59. The summed E-state index contributed by atoms with van der Waals surface area (Å²) in [6.07, 6.45) is 33.4. The number of hydrogen-bond acceptors (Lipinski definition) is 9. The van der Waals surface area contributed by atoms with Crippen LogP contribution in [0, 0.1) is 0 Å². The van der Waals surface area contributed by atoms with Crippen LogP contribution >= 0.6 is 0 Å². The summed E-state index contributed by atoms with van der Waals surface area (Å²) >= 11 is 0. The molecule has 0 spiro atoms. The van der Waals surface area contributed by atoms with Crippen molar-refractivity contribution in [3.63, 3.8) is 0 Å². The maximum Gasteiger partial charge on any atom is 0.306 e. The normalized spacial score (nSPS) is 21.2. The fourth-order valence-electron chi connectivity index (χ4n) is 6.65. The lowest BCUT2D eigenvalue weighted by molar-refractivity contribution is -0.305. The van der Waals surface area contributed by atoms with E-state index in [-0.39, 0.29) is 19.2 Å². The number of allylic oxidation sites excluding steroid dienone is 4. The van der Waals surface area contributed by atoms with Crippen LogP contribution in [0.5, 0.6) is 0 Å². The highest BCUT2D eigenvalue weighted by Crippen LogP contribution is 2.22.